The van der Waals surface area contributed by atoms with E-state index < -0.39 is 18.2 Å². The molecule has 8 nitrogen and oxygen atoms in total. The Balaban J connectivity index is 0.00000616. The fourth-order valence-corrected chi connectivity index (χ4v) is 5.70. The number of rotatable bonds is 16. The van der Waals surface area contributed by atoms with E-state index in [0.717, 1.165) is 55.0 Å². The first-order valence-corrected chi connectivity index (χ1v) is 15.6. The van der Waals surface area contributed by atoms with Crippen molar-refractivity contribution in [2.24, 2.45) is 11.8 Å². The SMILES string of the molecule is CCC(CC)CNCC(O)CNC(=O)[C@@H](Cc1ccc2ccccc2c1)NC(=O)C1CCCN1C(=O)C(CC)CC.Cl. The molecule has 3 rings (SSSR count). The first-order chi connectivity index (χ1) is 19.8. The second-order valence-corrected chi connectivity index (χ2v) is 11.4. The van der Waals surface area contributed by atoms with Gasteiger partial charge in [0.25, 0.3) is 0 Å². The van der Waals surface area contributed by atoms with Crippen LogP contribution in [0.25, 0.3) is 10.8 Å². The Hall–Kier alpha value is -2.68. The highest BCUT2D eigenvalue weighted by Gasteiger charge is 2.37. The maximum Gasteiger partial charge on any atom is 0.243 e. The maximum absolute atomic E-state index is 13.5. The van der Waals surface area contributed by atoms with Gasteiger partial charge >= 0.3 is 0 Å². The van der Waals surface area contributed by atoms with Gasteiger partial charge in [-0.3, -0.25) is 14.4 Å². The Kier molecular flexibility index (Phi) is 15.3. The van der Waals surface area contributed by atoms with Crippen LogP contribution in [-0.2, 0) is 20.8 Å². The minimum Gasteiger partial charge on any atom is -0.390 e. The van der Waals surface area contributed by atoms with Gasteiger partial charge in [-0.2, -0.15) is 0 Å². The number of amides is 3. The summed E-state index contributed by atoms with van der Waals surface area (Å²) in [5.74, 6) is -0.158. The van der Waals surface area contributed by atoms with Crippen LogP contribution in [-0.4, -0.2) is 72.1 Å². The lowest BCUT2D eigenvalue weighted by Crippen LogP contribution is -2.55. The highest BCUT2D eigenvalue weighted by molar-refractivity contribution is 5.93. The Labute approximate surface area is 257 Å². The van der Waals surface area contributed by atoms with E-state index >= 15 is 0 Å². The molecule has 1 fully saturated rings. The molecule has 0 spiro atoms. The molecule has 0 saturated carbocycles. The molecule has 0 aliphatic carbocycles. The third-order valence-corrected chi connectivity index (χ3v) is 8.54. The monoisotopic (exact) mass is 602 g/mol. The Morgan fingerprint density at radius 3 is 2.29 bits per heavy atom. The standard InChI is InChI=1S/C33H50N4O4.ClH/c1-5-23(6-2)20-34-21-28(38)22-35-31(39)29(19-24-15-16-26-12-9-10-13-27(26)18-24)36-32(40)30-14-11-17-37(30)33(41)25(7-3)8-4;/h9-10,12-13,15-16,18,23,25,28-30,34,38H,5-8,11,14,17,19-22H2,1-4H3,(H,35,39)(H,36,40);1H/t28?,29-,30?;/m1./s1. The molecule has 9 heteroatoms. The smallest absolute Gasteiger partial charge is 0.243 e. The van der Waals surface area contributed by atoms with E-state index in [2.05, 4.69) is 29.8 Å². The molecule has 2 aromatic rings. The highest BCUT2D eigenvalue weighted by Crippen LogP contribution is 2.23. The van der Waals surface area contributed by atoms with Crippen LogP contribution in [0.15, 0.2) is 42.5 Å². The number of nitrogens with zero attached hydrogens (tertiary/aromatic N) is 1. The minimum atomic E-state index is -0.834. The Morgan fingerprint density at radius 2 is 1.62 bits per heavy atom. The second kappa shape index (κ2) is 18.1. The van der Waals surface area contributed by atoms with Crippen LogP contribution in [0.1, 0.15) is 71.8 Å². The number of fused-ring (bicyclic) bond motifs is 1. The van der Waals surface area contributed by atoms with Gasteiger partial charge in [0.1, 0.15) is 12.1 Å². The largest absolute Gasteiger partial charge is 0.390 e. The third kappa shape index (κ3) is 9.96. The number of likely N-dealkylation sites (tertiary alicyclic amines) is 1. The number of carbonyl (C=O) groups is 3. The molecular weight excluding hydrogens is 552 g/mol. The summed E-state index contributed by atoms with van der Waals surface area (Å²) in [6.45, 7) is 10.2. The number of hydrogen-bond acceptors (Lipinski definition) is 5. The molecule has 1 aliphatic rings. The molecule has 2 unspecified atom stereocenters. The lowest BCUT2D eigenvalue weighted by Gasteiger charge is -2.29. The van der Waals surface area contributed by atoms with Crippen molar-refractivity contribution in [2.45, 2.75) is 90.8 Å². The summed E-state index contributed by atoms with van der Waals surface area (Å²) >= 11 is 0. The van der Waals surface area contributed by atoms with Crippen molar-refractivity contribution in [3.63, 3.8) is 0 Å². The van der Waals surface area contributed by atoms with E-state index in [1.54, 1.807) is 4.90 Å². The second-order valence-electron chi connectivity index (χ2n) is 11.4. The van der Waals surface area contributed by atoms with Gasteiger partial charge in [0.2, 0.25) is 17.7 Å². The van der Waals surface area contributed by atoms with Crippen LogP contribution in [0.3, 0.4) is 0 Å². The van der Waals surface area contributed by atoms with Gasteiger partial charge in [-0.1, -0.05) is 83.0 Å². The quantitative estimate of drug-likeness (QED) is 0.230. The molecule has 0 radical (unpaired) electrons. The van der Waals surface area contributed by atoms with Crippen LogP contribution in [0, 0.1) is 11.8 Å². The van der Waals surface area contributed by atoms with Crippen molar-refractivity contribution in [3.8, 4) is 0 Å². The number of halogens is 1. The zero-order valence-electron chi connectivity index (χ0n) is 25.7. The summed E-state index contributed by atoms with van der Waals surface area (Å²) in [5, 5.41) is 21.8. The molecule has 0 bridgehead atoms. The fourth-order valence-electron chi connectivity index (χ4n) is 5.70. The third-order valence-electron chi connectivity index (χ3n) is 8.54. The summed E-state index contributed by atoms with van der Waals surface area (Å²) in [4.78, 5) is 41.8. The summed E-state index contributed by atoms with van der Waals surface area (Å²) in [6, 6.07) is 12.6. The molecule has 3 amide bonds. The van der Waals surface area contributed by atoms with Gasteiger partial charge in [0, 0.05) is 32.0 Å². The van der Waals surface area contributed by atoms with Crippen molar-refractivity contribution in [1.29, 1.82) is 0 Å². The van der Waals surface area contributed by atoms with E-state index in [-0.39, 0.29) is 42.6 Å². The minimum absolute atomic E-state index is 0. The molecule has 4 N–H and O–H groups in total. The summed E-state index contributed by atoms with van der Waals surface area (Å²) in [6.07, 6.45) is 4.54. The molecule has 1 saturated heterocycles. The van der Waals surface area contributed by atoms with Gasteiger partial charge in [-0.25, -0.2) is 0 Å². The number of benzene rings is 2. The van der Waals surface area contributed by atoms with E-state index in [4.69, 9.17) is 0 Å². The predicted octanol–water partition coefficient (Wildman–Crippen LogP) is 4.22. The van der Waals surface area contributed by atoms with Gasteiger partial charge in [-0.15, -0.1) is 12.4 Å². The van der Waals surface area contributed by atoms with Crippen molar-refractivity contribution >= 4 is 40.9 Å². The first-order valence-electron chi connectivity index (χ1n) is 15.6. The predicted molar refractivity (Wildman–Crippen MR) is 172 cm³/mol. The van der Waals surface area contributed by atoms with Crippen molar-refractivity contribution in [2.75, 3.05) is 26.2 Å². The van der Waals surface area contributed by atoms with Gasteiger partial charge in [0.05, 0.1) is 6.10 Å². The number of nitrogens with one attached hydrogen (secondary N) is 3. The Morgan fingerprint density at radius 1 is 0.929 bits per heavy atom. The topological polar surface area (TPSA) is 111 Å². The molecule has 42 heavy (non-hydrogen) atoms. The summed E-state index contributed by atoms with van der Waals surface area (Å²) in [7, 11) is 0. The molecule has 234 valence electrons. The fraction of sp³-hybridized carbons (Fsp3) is 0.606. The number of hydrogen-bond donors (Lipinski definition) is 4. The number of aliphatic hydroxyl groups excluding tert-OH is 1. The highest BCUT2D eigenvalue weighted by atomic mass is 35.5. The summed E-state index contributed by atoms with van der Waals surface area (Å²) < 4.78 is 0. The van der Waals surface area contributed by atoms with Crippen molar-refractivity contribution in [1.82, 2.24) is 20.9 Å². The van der Waals surface area contributed by atoms with Crippen LogP contribution in [0.2, 0.25) is 0 Å². The zero-order valence-corrected chi connectivity index (χ0v) is 26.6. The van der Waals surface area contributed by atoms with Crippen molar-refractivity contribution < 1.29 is 19.5 Å². The van der Waals surface area contributed by atoms with Crippen LogP contribution >= 0.6 is 12.4 Å². The number of carbonyl (C=O) groups excluding carboxylic acids is 3. The first kappa shape index (κ1) is 35.5. The molecule has 3 atom stereocenters. The van der Waals surface area contributed by atoms with Crippen molar-refractivity contribution in [3.05, 3.63) is 48.0 Å². The summed E-state index contributed by atoms with van der Waals surface area (Å²) in [5.41, 5.74) is 0.924. The average molecular weight is 603 g/mol. The zero-order chi connectivity index (χ0) is 29.8. The van der Waals surface area contributed by atoms with Gasteiger partial charge in [-0.05, 0) is 54.5 Å². The van der Waals surface area contributed by atoms with Gasteiger partial charge < -0.3 is 26.0 Å². The number of aliphatic hydroxyl groups is 1. The molecule has 2 aromatic carbocycles. The molecule has 1 aliphatic heterocycles. The molecule has 1 heterocycles. The lowest BCUT2D eigenvalue weighted by atomic mass is 10.00. The van der Waals surface area contributed by atoms with Crippen LogP contribution < -0.4 is 16.0 Å². The lowest BCUT2D eigenvalue weighted by molar-refractivity contribution is -0.142. The molecule has 0 aromatic heterocycles. The molecular formula is C33H51ClN4O4. The maximum atomic E-state index is 13.5. The van der Waals surface area contributed by atoms with E-state index in [0.29, 0.717) is 31.8 Å². The van der Waals surface area contributed by atoms with E-state index in [9.17, 15) is 19.5 Å². The van der Waals surface area contributed by atoms with E-state index in [1.807, 2.05) is 56.3 Å². The van der Waals surface area contributed by atoms with E-state index in [1.165, 1.54) is 0 Å². The van der Waals surface area contributed by atoms with Gasteiger partial charge in [0.15, 0.2) is 0 Å². The Bertz CT molecular complexity index is 1140. The normalized spacial score (nSPS) is 16.4. The average Bonchev–Trinajstić information content (AvgIpc) is 3.48. The van der Waals surface area contributed by atoms with Crippen LogP contribution in [0.5, 0.6) is 0 Å². The van der Waals surface area contributed by atoms with Crippen LogP contribution in [0.4, 0.5) is 0 Å².